The van der Waals surface area contributed by atoms with E-state index in [1.165, 1.54) is 23.3 Å². The normalized spacial score (nSPS) is 15.8. The van der Waals surface area contributed by atoms with Crippen molar-refractivity contribution in [1.82, 2.24) is 10.5 Å². The fraction of sp³-hybridized carbons (Fsp3) is 0.273. The maximum Gasteiger partial charge on any atom is 0.246 e. The van der Waals surface area contributed by atoms with Gasteiger partial charge in [-0.25, -0.2) is 4.39 Å². The molecule has 0 aliphatic heterocycles. The Bertz CT molecular complexity index is 952. The Kier molecular flexibility index (Phi) is 5.48. The molecule has 0 radical (unpaired) electrons. The van der Waals surface area contributed by atoms with Crippen LogP contribution in [0.4, 0.5) is 4.39 Å². The number of fused-ring (bicyclic) bond motifs is 1. The molecule has 0 spiro atoms. The van der Waals surface area contributed by atoms with Crippen molar-refractivity contribution in [3.05, 3.63) is 77.2 Å². The summed E-state index contributed by atoms with van der Waals surface area (Å²) in [6.45, 7) is 0.122. The lowest BCUT2D eigenvalue weighted by Gasteiger charge is -2.26. The highest BCUT2D eigenvalue weighted by Crippen LogP contribution is 2.29. The molecule has 0 bridgehead atoms. The molecule has 0 fully saturated rings. The molecule has 1 amide bonds. The SMILES string of the molecule is O=C(COCc1cc(-c2ccc(F)cc2)on1)NC1CCCc2ccccc21. The molecule has 1 N–H and O–H groups in total. The predicted octanol–water partition coefficient (Wildman–Crippen LogP) is 4.19. The highest BCUT2D eigenvalue weighted by atomic mass is 19.1. The molecular weight excluding hydrogens is 359 g/mol. The Morgan fingerprint density at radius 3 is 2.89 bits per heavy atom. The second kappa shape index (κ2) is 8.35. The summed E-state index contributed by atoms with van der Waals surface area (Å²) in [7, 11) is 0. The molecule has 1 atom stereocenters. The maximum absolute atomic E-state index is 13.0. The van der Waals surface area contributed by atoms with Crippen LogP contribution < -0.4 is 5.32 Å². The number of aromatic nitrogens is 1. The number of rotatable bonds is 6. The van der Waals surface area contributed by atoms with E-state index in [1.807, 2.05) is 12.1 Å². The van der Waals surface area contributed by atoms with Crippen molar-refractivity contribution < 1.29 is 18.4 Å². The van der Waals surface area contributed by atoms with Gasteiger partial charge in [0.2, 0.25) is 5.91 Å². The molecule has 1 aliphatic rings. The molecule has 1 aromatic heterocycles. The van der Waals surface area contributed by atoms with Gasteiger partial charge in [-0.05, 0) is 54.7 Å². The Morgan fingerprint density at radius 1 is 1.21 bits per heavy atom. The van der Waals surface area contributed by atoms with E-state index in [2.05, 4.69) is 22.6 Å². The number of amides is 1. The van der Waals surface area contributed by atoms with Crippen LogP contribution in [0.3, 0.4) is 0 Å². The van der Waals surface area contributed by atoms with Crippen molar-refractivity contribution >= 4 is 5.91 Å². The van der Waals surface area contributed by atoms with E-state index < -0.39 is 0 Å². The van der Waals surface area contributed by atoms with Crippen molar-refractivity contribution in [3.63, 3.8) is 0 Å². The molecule has 2 aromatic carbocycles. The van der Waals surface area contributed by atoms with E-state index in [-0.39, 0.29) is 31.0 Å². The Labute approximate surface area is 162 Å². The van der Waals surface area contributed by atoms with Gasteiger partial charge in [0.25, 0.3) is 0 Å². The fourth-order valence-electron chi connectivity index (χ4n) is 3.52. The predicted molar refractivity (Wildman–Crippen MR) is 102 cm³/mol. The van der Waals surface area contributed by atoms with Crippen molar-refractivity contribution in [2.24, 2.45) is 0 Å². The first-order chi connectivity index (χ1) is 13.7. The first-order valence-electron chi connectivity index (χ1n) is 9.35. The first kappa shape index (κ1) is 18.4. The van der Waals surface area contributed by atoms with E-state index >= 15 is 0 Å². The zero-order valence-electron chi connectivity index (χ0n) is 15.4. The molecule has 28 heavy (non-hydrogen) atoms. The zero-order valence-corrected chi connectivity index (χ0v) is 15.4. The highest BCUT2D eigenvalue weighted by Gasteiger charge is 2.21. The quantitative estimate of drug-likeness (QED) is 0.696. The second-order valence-electron chi connectivity index (χ2n) is 6.89. The molecule has 1 aliphatic carbocycles. The maximum atomic E-state index is 13.0. The third kappa shape index (κ3) is 4.28. The van der Waals surface area contributed by atoms with Gasteiger partial charge in [0.05, 0.1) is 12.6 Å². The van der Waals surface area contributed by atoms with Crippen molar-refractivity contribution in [3.8, 4) is 11.3 Å². The average molecular weight is 380 g/mol. The number of hydrogen-bond donors (Lipinski definition) is 1. The van der Waals surface area contributed by atoms with Crippen molar-refractivity contribution in [1.29, 1.82) is 0 Å². The zero-order chi connectivity index (χ0) is 19.3. The number of ether oxygens (including phenoxy) is 1. The molecule has 1 unspecified atom stereocenters. The molecule has 5 nitrogen and oxygen atoms in total. The van der Waals surface area contributed by atoms with Gasteiger partial charge < -0.3 is 14.6 Å². The molecule has 4 rings (SSSR count). The van der Waals surface area contributed by atoms with Gasteiger partial charge in [-0.1, -0.05) is 29.4 Å². The minimum Gasteiger partial charge on any atom is -0.365 e. The standard InChI is InChI=1S/C22H21FN2O3/c23-17-10-8-16(9-11-17)21-12-18(25-28-21)13-27-14-22(26)24-20-7-3-5-15-4-1-2-6-19(15)20/h1-2,4,6,8-12,20H,3,5,7,13-14H2,(H,24,26). The summed E-state index contributed by atoms with van der Waals surface area (Å²) in [6, 6.07) is 16.0. The van der Waals surface area contributed by atoms with Crippen LogP contribution in [0.2, 0.25) is 0 Å². The van der Waals surface area contributed by atoms with E-state index in [4.69, 9.17) is 9.26 Å². The van der Waals surface area contributed by atoms with Crippen LogP contribution in [0.1, 0.15) is 35.7 Å². The number of carbonyl (C=O) groups excluding carboxylic acids is 1. The summed E-state index contributed by atoms with van der Waals surface area (Å²) >= 11 is 0. The lowest BCUT2D eigenvalue weighted by Crippen LogP contribution is -2.33. The fourth-order valence-corrected chi connectivity index (χ4v) is 3.52. The average Bonchev–Trinajstić information content (AvgIpc) is 3.18. The third-order valence-electron chi connectivity index (χ3n) is 4.88. The number of halogens is 1. The second-order valence-corrected chi connectivity index (χ2v) is 6.89. The van der Waals surface area contributed by atoms with Crippen LogP contribution in [0.25, 0.3) is 11.3 Å². The van der Waals surface area contributed by atoms with E-state index in [1.54, 1.807) is 18.2 Å². The van der Waals surface area contributed by atoms with Gasteiger partial charge in [0, 0.05) is 11.6 Å². The first-order valence-corrected chi connectivity index (χ1v) is 9.35. The number of carbonyl (C=O) groups is 1. The van der Waals surface area contributed by atoms with Crippen LogP contribution in [0, 0.1) is 5.82 Å². The summed E-state index contributed by atoms with van der Waals surface area (Å²) < 4.78 is 23.7. The van der Waals surface area contributed by atoms with E-state index in [0.717, 1.165) is 24.8 Å². The summed E-state index contributed by atoms with van der Waals surface area (Å²) in [5.74, 6) is 0.0734. The number of nitrogens with one attached hydrogen (secondary N) is 1. The lowest BCUT2D eigenvalue weighted by molar-refractivity contribution is -0.127. The molecule has 0 saturated heterocycles. The number of hydrogen-bond acceptors (Lipinski definition) is 4. The third-order valence-corrected chi connectivity index (χ3v) is 4.88. The number of nitrogens with zero attached hydrogens (tertiary/aromatic N) is 1. The van der Waals surface area contributed by atoms with Gasteiger partial charge in [-0.15, -0.1) is 0 Å². The molecule has 6 heteroatoms. The Balaban J connectivity index is 1.28. The summed E-state index contributed by atoms with van der Waals surface area (Å²) in [4.78, 5) is 12.3. The minimum absolute atomic E-state index is 0.0400. The summed E-state index contributed by atoms with van der Waals surface area (Å²) in [5.41, 5.74) is 3.81. The van der Waals surface area contributed by atoms with Crippen LogP contribution in [-0.4, -0.2) is 17.7 Å². The number of benzene rings is 2. The van der Waals surface area contributed by atoms with E-state index in [9.17, 15) is 9.18 Å². The van der Waals surface area contributed by atoms with Gasteiger partial charge >= 0.3 is 0 Å². The molecule has 144 valence electrons. The summed E-state index contributed by atoms with van der Waals surface area (Å²) in [5, 5.41) is 6.99. The minimum atomic E-state index is -0.307. The molecule has 3 aromatic rings. The summed E-state index contributed by atoms with van der Waals surface area (Å²) in [6.07, 6.45) is 3.06. The van der Waals surface area contributed by atoms with Crippen molar-refractivity contribution in [2.45, 2.75) is 31.9 Å². The molecule has 0 saturated carbocycles. The topological polar surface area (TPSA) is 64.4 Å². The van der Waals surface area contributed by atoms with Crippen LogP contribution >= 0.6 is 0 Å². The smallest absolute Gasteiger partial charge is 0.246 e. The van der Waals surface area contributed by atoms with Gasteiger partial charge in [-0.3, -0.25) is 4.79 Å². The monoisotopic (exact) mass is 380 g/mol. The lowest BCUT2D eigenvalue weighted by atomic mass is 9.88. The van der Waals surface area contributed by atoms with Gasteiger partial charge in [0.15, 0.2) is 5.76 Å². The van der Waals surface area contributed by atoms with Gasteiger partial charge in [0.1, 0.15) is 18.1 Å². The molecular formula is C22H21FN2O3. The highest BCUT2D eigenvalue weighted by molar-refractivity contribution is 5.77. The number of aryl methyl sites for hydroxylation is 1. The Morgan fingerprint density at radius 2 is 2.04 bits per heavy atom. The Hall–Kier alpha value is -2.99. The van der Waals surface area contributed by atoms with Crippen LogP contribution in [-0.2, 0) is 22.6 Å². The van der Waals surface area contributed by atoms with Crippen molar-refractivity contribution in [2.75, 3.05) is 6.61 Å². The van der Waals surface area contributed by atoms with Crippen LogP contribution in [0.5, 0.6) is 0 Å². The largest absolute Gasteiger partial charge is 0.365 e. The van der Waals surface area contributed by atoms with E-state index in [0.29, 0.717) is 11.5 Å². The van der Waals surface area contributed by atoms with Crippen LogP contribution in [0.15, 0.2) is 59.1 Å². The molecule has 1 heterocycles. The van der Waals surface area contributed by atoms with Gasteiger partial charge in [-0.2, -0.15) is 0 Å².